The quantitative estimate of drug-likeness (QED) is 0.148. The Balaban J connectivity index is 1.67. The molecule has 44 heavy (non-hydrogen) atoms. The molecule has 216 valence electrons. The predicted molar refractivity (Wildman–Crippen MR) is 177 cm³/mol. The van der Waals surface area contributed by atoms with Crippen molar-refractivity contribution in [2.75, 3.05) is 4.90 Å². The molecule has 6 rings (SSSR count). The topological polar surface area (TPSA) is 44.9 Å². The van der Waals surface area contributed by atoms with E-state index in [-0.39, 0.29) is 12.4 Å². The molecule has 0 aliphatic carbocycles. The molecular weight excluding hydrogens is 611 g/mol. The number of hydrogen-bond donors (Lipinski definition) is 0. The molecule has 5 aromatic carbocycles. The van der Waals surface area contributed by atoms with E-state index in [2.05, 4.69) is 69.9 Å². The van der Waals surface area contributed by atoms with Crippen LogP contribution in [-0.4, -0.2) is 9.55 Å². The fourth-order valence-electron chi connectivity index (χ4n) is 5.87. The van der Waals surface area contributed by atoms with Crippen LogP contribution in [0.1, 0.15) is 40.3 Å². The van der Waals surface area contributed by atoms with E-state index in [4.69, 9.17) is 4.98 Å². The molecule has 0 saturated heterocycles. The summed E-state index contributed by atoms with van der Waals surface area (Å²) >= 11 is 3.70. The van der Waals surface area contributed by atoms with Crippen molar-refractivity contribution in [1.29, 1.82) is 5.26 Å². The molecule has 0 spiro atoms. The van der Waals surface area contributed by atoms with E-state index in [1.165, 1.54) is 6.07 Å². The number of rotatable bonds is 9. The van der Waals surface area contributed by atoms with Gasteiger partial charge in [0, 0.05) is 17.4 Å². The average Bonchev–Trinajstić information content (AvgIpc) is 3.47. The zero-order chi connectivity index (χ0) is 30.5. The summed E-state index contributed by atoms with van der Waals surface area (Å²) in [7, 11) is 0. The molecule has 0 atom stereocenters. The van der Waals surface area contributed by atoms with Crippen molar-refractivity contribution in [1.82, 2.24) is 9.55 Å². The van der Waals surface area contributed by atoms with Gasteiger partial charge < -0.3 is 4.90 Å². The first-order valence-corrected chi connectivity index (χ1v) is 15.3. The zero-order valence-electron chi connectivity index (χ0n) is 24.2. The number of imidazole rings is 1. The molecule has 0 saturated carbocycles. The van der Waals surface area contributed by atoms with Crippen LogP contribution in [0.2, 0.25) is 0 Å². The first-order chi connectivity index (χ1) is 21.5. The third-order valence-corrected chi connectivity index (χ3v) is 8.37. The molecule has 6 aromatic rings. The standard InChI is InChI=1S/C38H30BrFN4/c1-2-28-20-23-35(40)30(24-28)26-43(34-21-18-29(25-41)19-22-34)37-42-36(39)27-44(37)38(31-12-6-3-7-13-31,32-14-8-4-9-15-32)33-16-10-5-11-17-33/h3-24,27H,2,26H2,1H3. The second-order valence-corrected chi connectivity index (χ2v) is 11.4. The van der Waals surface area contributed by atoms with Gasteiger partial charge in [0.2, 0.25) is 5.95 Å². The van der Waals surface area contributed by atoms with Crippen LogP contribution >= 0.6 is 15.9 Å². The molecule has 1 aromatic heterocycles. The second kappa shape index (κ2) is 12.7. The van der Waals surface area contributed by atoms with E-state index in [0.717, 1.165) is 34.4 Å². The molecule has 0 aliphatic rings. The average molecular weight is 642 g/mol. The summed E-state index contributed by atoms with van der Waals surface area (Å²) in [6, 6.07) is 46.0. The van der Waals surface area contributed by atoms with Crippen molar-refractivity contribution in [2.24, 2.45) is 0 Å². The van der Waals surface area contributed by atoms with Gasteiger partial charge in [-0.3, -0.25) is 4.57 Å². The molecular formula is C38H30BrFN4. The van der Waals surface area contributed by atoms with E-state index < -0.39 is 5.54 Å². The highest BCUT2D eigenvalue weighted by Gasteiger charge is 2.41. The maximum atomic E-state index is 15.4. The number of nitrogens with zero attached hydrogens (tertiary/aromatic N) is 4. The third-order valence-electron chi connectivity index (χ3n) is 7.99. The van der Waals surface area contributed by atoms with Crippen molar-refractivity contribution >= 4 is 27.6 Å². The predicted octanol–water partition coefficient (Wildman–Crippen LogP) is 9.40. The highest BCUT2D eigenvalue weighted by molar-refractivity contribution is 9.10. The van der Waals surface area contributed by atoms with Gasteiger partial charge in [0.1, 0.15) is 16.0 Å². The molecule has 0 N–H and O–H groups in total. The fraction of sp³-hybridized carbons (Fsp3) is 0.105. The Kier molecular flexibility index (Phi) is 8.40. The number of nitriles is 1. The Morgan fingerprint density at radius 2 is 1.34 bits per heavy atom. The van der Waals surface area contributed by atoms with Gasteiger partial charge >= 0.3 is 0 Å². The number of aromatic nitrogens is 2. The highest BCUT2D eigenvalue weighted by atomic mass is 79.9. The van der Waals surface area contributed by atoms with Gasteiger partial charge in [-0.15, -0.1) is 0 Å². The van der Waals surface area contributed by atoms with Crippen LogP contribution in [0.3, 0.4) is 0 Å². The fourth-order valence-corrected chi connectivity index (χ4v) is 6.23. The number of benzene rings is 5. The molecule has 0 amide bonds. The Hall–Kier alpha value is -4.99. The summed E-state index contributed by atoms with van der Waals surface area (Å²) in [6.07, 6.45) is 2.79. The summed E-state index contributed by atoms with van der Waals surface area (Å²) in [4.78, 5) is 7.08. The third kappa shape index (κ3) is 5.43. The van der Waals surface area contributed by atoms with Crippen molar-refractivity contribution in [3.63, 3.8) is 0 Å². The van der Waals surface area contributed by atoms with Crippen molar-refractivity contribution in [2.45, 2.75) is 25.4 Å². The lowest BCUT2D eigenvalue weighted by Gasteiger charge is -2.40. The van der Waals surface area contributed by atoms with Gasteiger partial charge in [0.15, 0.2) is 0 Å². The maximum absolute atomic E-state index is 15.4. The Morgan fingerprint density at radius 3 is 1.84 bits per heavy atom. The van der Waals surface area contributed by atoms with Crippen LogP contribution in [0.4, 0.5) is 16.0 Å². The van der Waals surface area contributed by atoms with Crippen LogP contribution in [-0.2, 0) is 18.5 Å². The first-order valence-electron chi connectivity index (χ1n) is 14.5. The van der Waals surface area contributed by atoms with Crippen LogP contribution in [0, 0.1) is 17.1 Å². The minimum absolute atomic E-state index is 0.226. The molecule has 6 heteroatoms. The van der Waals surface area contributed by atoms with Crippen LogP contribution in [0.25, 0.3) is 0 Å². The summed E-state index contributed by atoms with van der Waals surface area (Å²) < 4.78 is 18.3. The molecule has 1 heterocycles. The van der Waals surface area contributed by atoms with E-state index in [1.54, 1.807) is 12.1 Å². The van der Waals surface area contributed by atoms with Crippen LogP contribution in [0.15, 0.2) is 144 Å². The molecule has 0 bridgehead atoms. The minimum Gasteiger partial charge on any atom is -0.307 e. The molecule has 0 fully saturated rings. The molecule has 4 nitrogen and oxygen atoms in total. The summed E-state index contributed by atoms with van der Waals surface area (Å²) in [5, 5.41) is 9.51. The highest BCUT2D eigenvalue weighted by Crippen LogP contribution is 2.45. The number of hydrogen-bond acceptors (Lipinski definition) is 3. The summed E-state index contributed by atoms with van der Waals surface area (Å²) in [5.74, 6) is 0.331. The smallest absolute Gasteiger partial charge is 0.212 e. The molecule has 0 radical (unpaired) electrons. The maximum Gasteiger partial charge on any atom is 0.212 e. The van der Waals surface area contributed by atoms with Crippen LogP contribution in [0.5, 0.6) is 0 Å². The number of halogens is 2. The normalized spacial score (nSPS) is 11.2. The van der Waals surface area contributed by atoms with Gasteiger partial charge in [-0.1, -0.05) is 110 Å². The lowest BCUT2D eigenvalue weighted by molar-refractivity contribution is 0.512. The Morgan fingerprint density at radius 1 is 0.795 bits per heavy atom. The van der Waals surface area contributed by atoms with Gasteiger partial charge in [-0.05, 0) is 74.9 Å². The lowest BCUT2D eigenvalue weighted by atomic mass is 9.76. The minimum atomic E-state index is -0.840. The van der Waals surface area contributed by atoms with Gasteiger partial charge in [0.25, 0.3) is 0 Å². The lowest BCUT2D eigenvalue weighted by Crippen LogP contribution is -2.39. The Labute approximate surface area is 265 Å². The van der Waals surface area contributed by atoms with Gasteiger partial charge in [0.05, 0.1) is 18.2 Å². The Bertz CT molecular complexity index is 1800. The van der Waals surface area contributed by atoms with Gasteiger partial charge in [-0.2, -0.15) is 5.26 Å². The number of anilines is 2. The molecule has 0 unspecified atom stereocenters. The van der Waals surface area contributed by atoms with E-state index in [9.17, 15) is 5.26 Å². The van der Waals surface area contributed by atoms with Crippen LogP contribution < -0.4 is 4.90 Å². The van der Waals surface area contributed by atoms with Gasteiger partial charge in [-0.25, -0.2) is 9.37 Å². The van der Waals surface area contributed by atoms with E-state index >= 15 is 4.39 Å². The van der Waals surface area contributed by atoms with Crippen molar-refractivity contribution < 1.29 is 4.39 Å². The van der Waals surface area contributed by atoms with Crippen molar-refractivity contribution in [3.05, 3.63) is 183 Å². The monoisotopic (exact) mass is 640 g/mol. The number of aryl methyl sites for hydroxylation is 1. The summed E-state index contributed by atoms with van der Waals surface area (Å²) in [6.45, 7) is 2.29. The zero-order valence-corrected chi connectivity index (χ0v) is 25.8. The second-order valence-electron chi connectivity index (χ2n) is 10.6. The van der Waals surface area contributed by atoms with Crippen molar-refractivity contribution in [3.8, 4) is 6.07 Å². The first kappa shape index (κ1) is 29.1. The largest absolute Gasteiger partial charge is 0.307 e. The molecule has 0 aliphatic heterocycles. The SMILES string of the molecule is CCc1ccc(F)c(CN(c2ccc(C#N)cc2)c2nc(Br)cn2C(c2ccccc2)(c2ccccc2)c2ccccc2)c1. The van der Waals surface area contributed by atoms with E-state index in [0.29, 0.717) is 21.7 Å². The summed E-state index contributed by atoms with van der Waals surface area (Å²) in [5.41, 5.74) is 5.24. The van der Waals surface area contributed by atoms with E-state index in [1.807, 2.05) is 90.0 Å².